The summed E-state index contributed by atoms with van der Waals surface area (Å²) in [6, 6.07) is 0. The van der Waals surface area contributed by atoms with Crippen LogP contribution in [0.2, 0.25) is 0 Å². The first-order chi connectivity index (χ1) is 3.91. The summed E-state index contributed by atoms with van der Waals surface area (Å²) in [6.45, 7) is 2.51. The molecule has 0 aliphatic rings. The molecule has 3 nitrogen and oxygen atoms in total. The van der Waals surface area contributed by atoms with Crippen molar-refractivity contribution in [2.24, 2.45) is 5.73 Å². The van der Waals surface area contributed by atoms with Crippen LogP contribution in [0.15, 0.2) is 0 Å². The lowest BCUT2D eigenvalue weighted by Gasteiger charge is -1.98. The Labute approximate surface area is 61.9 Å². The van der Waals surface area contributed by atoms with Gasteiger partial charge in [0.1, 0.15) is 0 Å². The maximum Gasteiger partial charge on any atom is 0.0700 e. The minimum Gasteiger partial charge on any atom is -0.382 e. The van der Waals surface area contributed by atoms with Gasteiger partial charge in [0.25, 0.3) is 0 Å². The molecule has 0 aromatic heterocycles. The molecule has 0 aromatic rings. The van der Waals surface area contributed by atoms with Gasteiger partial charge in [-0.2, -0.15) is 0 Å². The largest absolute Gasteiger partial charge is 0.382 e. The van der Waals surface area contributed by atoms with E-state index in [-0.39, 0.29) is 12.4 Å². The summed E-state index contributed by atoms with van der Waals surface area (Å²) >= 11 is 0. The van der Waals surface area contributed by atoms with Crippen molar-refractivity contribution < 1.29 is 9.47 Å². The highest BCUT2D eigenvalue weighted by molar-refractivity contribution is 5.85. The van der Waals surface area contributed by atoms with Gasteiger partial charge in [-0.3, -0.25) is 0 Å². The van der Waals surface area contributed by atoms with Crippen LogP contribution in [0.4, 0.5) is 0 Å². The summed E-state index contributed by atoms with van der Waals surface area (Å²) in [7, 11) is 1.64. The van der Waals surface area contributed by atoms with Crippen molar-refractivity contribution in [1.82, 2.24) is 0 Å². The third-order valence-corrected chi connectivity index (χ3v) is 0.694. The first-order valence-corrected chi connectivity index (χ1v) is 2.68. The fraction of sp³-hybridized carbons (Fsp3) is 1.00. The summed E-state index contributed by atoms with van der Waals surface area (Å²) in [5.41, 5.74) is 5.14. The van der Waals surface area contributed by atoms with E-state index in [0.717, 1.165) is 0 Å². The number of hydrogen-bond donors (Lipinski definition) is 1. The molecule has 0 fully saturated rings. The van der Waals surface area contributed by atoms with Crippen LogP contribution in [-0.2, 0) is 9.47 Å². The molecule has 0 unspecified atom stereocenters. The third-order valence-electron chi connectivity index (χ3n) is 0.694. The summed E-state index contributed by atoms with van der Waals surface area (Å²) < 4.78 is 9.70. The van der Waals surface area contributed by atoms with Gasteiger partial charge < -0.3 is 15.2 Å². The second kappa shape index (κ2) is 11.0. The topological polar surface area (TPSA) is 44.5 Å². The van der Waals surface area contributed by atoms with Gasteiger partial charge in [-0.25, -0.2) is 0 Å². The van der Waals surface area contributed by atoms with Crippen molar-refractivity contribution in [3.05, 3.63) is 0 Å². The van der Waals surface area contributed by atoms with Crippen LogP contribution in [0.1, 0.15) is 0 Å². The molecule has 0 heterocycles. The molecular formula is C5H14ClNO2. The van der Waals surface area contributed by atoms with Crippen LogP contribution in [0.5, 0.6) is 0 Å². The molecule has 0 aliphatic heterocycles. The number of ether oxygens (including phenoxy) is 2. The van der Waals surface area contributed by atoms with Gasteiger partial charge >= 0.3 is 0 Å². The normalized spacial score (nSPS) is 8.67. The van der Waals surface area contributed by atoms with E-state index in [0.29, 0.717) is 26.4 Å². The zero-order chi connectivity index (χ0) is 6.24. The third kappa shape index (κ3) is 11.6. The zero-order valence-electron chi connectivity index (χ0n) is 5.63. The maximum absolute atomic E-state index is 5.14. The van der Waals surface area contributed by atoms with Gasteiger partial charge in [-0.1, -0.05) is 0 Å². The van der Waals surface area contributed by atoms with Crippen molar-refractivity contribution in [1.29, 1.82) is 0 Å². The maximum atomic E-state index is 5.14. The highest BCUT2D eigenvalue weighted by Crippen LogP contribution is 1.71. The first-order valence-electron chi connectivity index (χ1n) is 2.68. The van der Waals surface area contributed by atoms with Crippen LogP contribution >= 0.6 is 12.4 Å². The number of rotatable bonds is 5. The minimum absolute atomic E-state index is 0. The number of nitrogens with two attached hydrogens (primary N) is 1. The molecule has 0 amide bonds. The van der Waals surface area contributed by atoms with Gasteiger partial charge in [0.05, 0.1) is 19.8 Å². The molecule has 0 aromatic carbocycles. The van der Waals surface area contributed by atoms with E-state index in [1.165, 1.54) is 0 Å². The number of hydrogen-bond acceptors (Lipinski definition) is 3. The van der Waals surface area contributed by atoms with Gasteiger partial charge in [0, 0.05) is 13.7 Å². The molecule has 0 aliphatic carbocycles. The molecule has 0 saturated heterocycles. The highest BCUT2D eigenvalue weighted by Gasteiger charge is 1.81. The standard InChI is InChI=1S/C5H13NO2.ClH/c1-7-4-5-8-3-2-6;/h2-6H2,1H3;1H. The summed E-state index contributed by atoms with van der Waals surface area (Å²) in [5, 5.41) is 0. The van der Waals surface area contributed by atoms with Gasteiger partial charge in [-0.15, -0.1) is 12.4 Å². The van der Waals surface area contributed by atoms with Crippen molar-refractivity contribution in [3.8, 4) is 0 Å². The quantitative estimate of drug-likeness (QED) is 0.570. The first kappa shape index (κ1) is 11.9. The predicted octanol–water partition coefficient (Wildman–Crippen LogP) is 0.0299. The SMILES string of the molecule is COCCOCCN.Cl. The molecule has 9 heavy (non-hydrogen) atoms. The van der Waals surface area contributed by atoms with Crippen LogP contribution in [0, 0.1) is 0 Å². The molecule has 0 saturated carbocycles. The second-order valence-electron chi connectivity index (χ2n) is 1.39. The predicted molar refractivity (Wildman–Crippen MR) is 39.0 cm³/mol. The van der Waals surface area contributed by atoms with E-state index in [4.69, 9.17) is 15.2 Å². The van der Waals surface area contributed by atoms with Crippen LogP contribution < -0.4 is 5.73 Å². The lowest BCUT2D eigenvalue weighted by molar-refractivity contribution is 0.0747. The molecule has 0 radical (unpaired) electrons. The molecule has 0 atom stereocenters. The van der Waals surface area contributed by atoms with E-state index in [2.05, 4.69) is 0 Å². The molecule has 0 spiro atoms. The minimum atomic E-state index is 0. The Morgan fingerprint density at radius 2 is 1.89 bits per heavy atom. The van der Waals surface area contributed by atoms with Crippen LogP contribution in [0.25, 0.3) is 0 Å². The average molecular weight is 156 g/mol. The van der Waals surface area contributed by atoms with Gasteiger partial charge in [0.15, 0.2) is 0 Å². The Kier molecular flexibility index (Phi) is 14.6. The summed E-state index contributed by atoms with van der Waals surface area (Å²) in [4.78, 5) is 0. The monoisotopic (exact) mass is 155 g/mol. The van der Waals surface area contributed by atoms with E-state index in [9.17, 15) is 0 Å². The van der Waals surface area contributed by atoms with Gasteiger partial charge in [-0.05, 0) is 0 Å². The molecular weight excluding hydrogens is 142 g/mol. The Morgan fingerprint density at radius 1 is 1.22 bits per heavy atom. The zero-order valence-corrected chi connectivity index (χ0v) is 6.45. The Hall–Kier alpha value is 0.170. The van der Waals surface area contributed by atoms with Crippen molar-refractivity contribution in [2.45, 2.75) is 0 Å². The van der Waals surface area contributed by atoms with Crippen molar-refractivity contribution >= 4 is 12.4 Å². The van der Waals surface area contributed by atoms with Gasteiger partial charge in [0.2, 0.25) is 0 Å². The molecule has 58 valence electrons. The summed E-state index contributed by atoms with van der Waals surface area (Å²) in [6.07, 6.45) is 0. The molecule has 4 heteroatoms. The number of methoxy groups -OCH3 is 1. The lowest BCUT2D eigenvalue weighted by atomic mass is 10.7. The Morgan fingerprint density at radius 3 is 2.33 bits per heavy atom. The Balaban J connectivity index is 0. The second-order valence-corrected chi connectivity index (χ2v) is 1.39. The van der Waals surface area contributed by atoms with Crippen molar-refractivity contribution in [3.63, 3.8) is 0 Å². The van der Waals surface area contributed by atoms with Crippen LogP contribution in [0.3, 0.4) is 0 Å². The fourth-order valence-corrected chi connectivity index (χ4v) is 0.328. The Bertz CT molecular complexity index is 39.9. The van der Waals surface area contributed by atoms with E-state index in [1.54, 1.807) is 7.11 Å². The fourth-order valence-electron chi connectivity index (χ4n) is 0.328. The molecule has 0 rings (SSSR count). The highest BCUT2D eigenvalue weighted by atomic mass is 35.5. The van der Waals surface area contributed by atoms with E-state index in [1.807, 2.05) is 0 Å². The summed E-state index contributed by atoms with van der Waals surface area (Å²) in [5.74, 6) is 0. The van der Waals surface area contributed by atoms with E-state index < -0.39 is 0 Å². The molecule has 2 N–H and O–H groups in total. The average Bonchev–Trinajstić information content (AvgIpc) is 1.81. The number of halogens is 1. The van der Waals surface area contributed by atoms with Crippen molar-refractivity contribution in [2.75, 3.05) is 33.5 Å². The smallest absolute Gasteiger partial charge is 0.0700 e. The van der Waals surface area contributed by atoms with Crippen LogP contribution in [-0.4, -0.2) is 33.5 Å². The molecule has 0 bridgehead atoms. The lowest BCUT2D eigenvalue weighted by Crippen LogP contribution is -2.11. The van der Waals surface area contributed by atoms with E-state index >= 15 is 0 Å².